The van der Waals surface area contributed by atoms with E-state index in [1.54, 1.807) is 12.1 Å². The van der Waals surface area contributed by atoms with E-state index < -0.39 is 23.0 Å². The van der Waals surface area contributed by atoms with Crippen LogP contribution in [0.15, 0.2) is 54.6 Å². The first-order chi connectivity index (χ1) is 13.0. The number of carbonyl (C=O) groups excluding carboxylic acids is 2. The molecule has 0 saturated heterocycles. The Labute approximate surface area is 167 Å². The minimum absolute atomic E-state index is 0.0148. The van der Waals surface area contributed by atoms with Crippen molar-refractivity contribution in [3.8, 4) is 0 Å². The summed E-state index contributed by atoms with van der Waals surface area (Å²) in [4.78, 5) is 23.4. The van der Waals surface area contributed by atoms with Gasteiger partial charge in [-0.2, -0.15) is 12.6 Å². The summed E-state index contributed by atoms with van der Waals surface area (Å²) < 4.78 is 13.5. The summed E-state index contributed by atoms with van der Waals surface area (Å²) in [6.07, 6.45) is 0.565. The van der Waals surface area contributed by atoms with Crippen molar-refractivity contribution in [3.05, 3.63) is 60.4 Å². The quantitative estimate of drug-likeness (QED) is 0.160. The normalized spacial score (nSPS) is 12.4. The van der Waals surface area contributed by atoms with Crippen LogP contribution in [0, 0.1) is 11.7 Å². The van der Waals surface area contributed by atoms with E-state index >= 15 is 0 Å². The van der Waals surface area contributed by atoms with Gasteiger partial charge in [0.15, 0.2) is 5.11 Å². The van der Waals surface area contributed by atoms with Crippen LogP contribution >= 0.6 is 24.8 Å². The molecule has 6 nitrogen and oxygen atoms in total. The average Bonchev–Trinajstić information content (AvgIpc) is 2.67. The molecule has 0 fully saturated rings. The first-order valence-corrected chi connectivity index (χ1v) is 8.97. The van der Waals surface area contributed by atoms with Gasteiger partial charge in [-0.05, 0) is 36.5 Å². The molecular formula is C18H19FN4O2S2. The van der Waals surface area contributed by atoms with Crippen molar-refractivity contribution >= 4 is 53.5 Å². The molecule has 1 amide bonds. The third-order valence-electron chi connectivity index (χ3n) is 3.53. The van der Waals surface area contributed by atoms with Gasteiger partial charge in [-0.25, -0.2) is 4.39 Å². The van der Waals surface area contributed by atoms with Crippen molar-refractivity contribution in [1.29, 1.82) is 0 Å². The molecule has 2 rings (SSSR count). The number of hydrogen-bond acceptors (Lipinski definition) is 5. The van der Waals surface area contributed by atoms with Crippen molar-refractivity contribution in [2.45, 2.75) is 11.8 Å². The molecule has 0 aliphatic rings. The third-order valence-corrected chi connectivity index (χ3v) is 4.24. The number of thiol groups is 1. The van der Waals surface area contributed by atoms with Gasteiger partial charge in [-0.1, -0.05) is 30.3 Å². The number of hydrazine groups is 1. The molecule has 27 heavy (non-hydrogen) atoms. The molecule has 0 aromatic heterocycles. The summed E-state index contributed by atoms with van der Waals surface area (Å²) in [5.74, 6) is -1.60. The van der Waals surface area contributed by atoms with E-state index in [1.807, 2.05) is 30.3 Å². The summed E-state index contributed by atoms with van der Waals surface area (Å²) in [5.41, 5.74) is 5.81. The van der Waals surface area contributed by atoms with Gasteiger partial charge in [0.1, 0.15) is 12.1 Å². The highest BCUT2D eigenvalue weighted by Crippen LogP contribution is 2.17. The summed E-state index contributed by atoms with van der Waals surface area (Å²) in [5, 5.41) is 5.15. The number of aldehydes is 1. The van der Waals surface area contributed by atoms with Crippen molar-refractivity contribution in [3.63, 3.8) is 0 Å². The first kappa shape index (κ1) is 20.7. The van der Waals surface area contributed by atoms with Gasteiger partial charge in [0.25, 0.3) is 0 Å². The molecule has 2 aromatic carbocycles. The summed E-state index contributed by atoms with van der Waals surface area (Å²) >= 11 is 9.35. The summed E-state index contributed by atoms with van der Waals surface area (Å²) in [6, 6.07) is 15.2. The molecule has 0 radical (unpaired) electrons. The predicted octanol–water partition coefficient (Wildman–Crippen LogP) is 2.72. The lowest BCUT2D eigenvalue weighted by atomic mass is 10.1. The van der Waals surface area contributed by atoms with E-state index in [2.05, 4.69) is 34.1 Å². The van der Waals surface area contributed by atoms with Crippen LogP contribution < -0.4 is 21.5 Å². The van der Waals surface area contributed by atoms with Gasteiger partial charge >= 0.3 is 0 Å². The van der Waals surface area contributed by atoms with Crippen LogP contribution in [0.1, 0.15) is 6.42 Å². The van der Waals surface area contributed by atoms with Crippen LogP contribution in [0.25, 0.3) is 0 Å². The van der Waals surface area contributed by atoms with Gasteiger partial charge < -0.3 is 15.4 Å². The molecule has 4 N–H and O–H groups in total. The molecule has 0 spiro atoms. The maximum atomic E-state index is 13.5. The van der Waals surface area contributed by atoms with Crippen molar-refractivity contribution in [2.75, 3.05) is 10.6 Å². The second-order valence-electron chi connectivity index (χ2n) is 5.57. The number of carbonyl (C=O) groups is 2. The molecule has 2 atom stereocenters. The lowest BCUT2D eigenvalue weighted by Crippen LogP contribution is -2.45. The third kappa shape index (κ3) is 6.87. The number of hydrogen-bond donors (Lipinski definition) is 5. The van der Waals surface area contributed by atoms with Gasteiger partial charge in [0.05, 0.1) is 17.0 Å². The van der Waals surface area contributed by atoms with E-state index in [0.29, 0.717) is 6.29 Å². The number of halogens is 1. The van der Waals surface area contributed by atoms with E-state index in [-0.39, 0.29) is 17.2 Å². The number of benzene rings is 2. The molecule has 0 saturated carbocycles. The summed E-state index contributed by atoms with van der Waals surface area (Å²) in [7, 11) is 0. The van der Waals surface area contributed by atoms with Crippen molar-refractivity contribution in [1.82, 2.24) is 10.9 Å². The Balaban J connectivity index is 1.80. The van der Waals surface area contributed by atoms with Gasteiger partial charge in [-0.3, -0.25) is 15.6 Å². The smallest absolute Gasteiger partial charge is 0.239 e. The molecule has 0 heterocycles. The number of amides is 1. The molecule has 0 aliphatic carbocycles. The number of thiocarbonyl (C=S) groups is 1. The Hall–Kier alpha value is -2.65. The molecule has 0 aliphatic heterocycles. The highest BCUT2D eigenvalue weighted by molar-refractivity contribution is 7.81. The second kappa shape index (κ2) is 10.5. The number of anilines is 2. The average molecular weight is 407 g/mol. The summed E-state index contributed by atoms with van der Waals surface area (Å²) in [6.45, 7) is 0. The Morgan fingerprint density at radius 1 is 1.11 bits per heavy atom. The van der Waals surface area contributed by atoms with Crippen LogP contribution in [0.3, 0.4) is 0 Å². The first-order valence-electron chi connectivity index (χ1n) is 8.05. The maximum Gasteiger partial charge on any atom is 0.239 e. The predicted molar refractivity (Wildman–Crippen MR) is 111 cm³/mol. The van der Waals surface area contributed by atoms with Crippen LogP contribution in [-0.4, -0.2) is 22.7 Å². The Kier molecular flexibility index (Phi) is 8.02. The zero-order valence-electron chi connectivity index (χ0n) is 14.2. The van der Waals surface area contributed by atoms with E-state index in [9.17, 15) is 14.0 Å². The Morgan fingerprint density at radius 2 is 1.78 bits per heavy atom. The fraction of sp³-hybridized carbons (Fsp3) is 0.167. The van der Waals surface area contributed by atoms with Gasteiger partial charge in [0, 0.05) is 12.1 Å². The van der Waals surface area contributed by atoms with Crippen molar-refractivity contribution in [2.24, 2.45) is 5.92 Å². The maximum absolute atomic E-state index is 13.5. The van der Waals surface area contributed by atoms with Gasteiger partial charge in [0.2, 0.25) is 5.91 Å². The molecule has 9 heteroatoms. The van der Waals surface area contributed by atoms with Crippen LogP contribution in [-0.2, 0) is 9.59 Å². The molecule has 2 aromatic rings. The second-order valence-corrected chi connectivity index (χ2v) is 6.53. The van der Waals surface area contributed by atoms with Gasteiger partial charge in [-0.15, -0.1) is 0 Å². The SMILES string of the molecule is O=CC(CC(=O)NNC(=S)Nc1ccccc1F)C(S)Nc1ccccc1. The fourth-order valence-electron chi connectivity index (χ4n) is 2.15. The van der Waals surface area contributed by atoms with E-state index in [4.69, 9.17) is 12.2 Å². The number of para-hydroxylation sites is 2. The lowest BCUT2D eigenvalue weighted by Gasteiger charge is -2.20. The lowest BCUT2D eigenvalue weighted by molar-refractivity contribution is -0.124. The topological polar surface area (TPSA) is 82.3 Å². The molecule has 2 unspecified atom stereocenters. The van der Waals surface area contributed by atoms with Crippen LogP contribution in [0.4, 0.5) is 15.8 Å². The van der Waals surface area contributed by atoms with E-state index in [1.165, 1.54) is 12.1 Å². The van der Waals surface area contributed by atoms with Crippen molar-refractivity contribution < 1.29 is 14.0 Å². The zero-order chi connectivity index (χ0) is 19.6. The largest absolute Gasteiger partial charge is 0.373 e. The minimum Gasteiger partial charge on any atom is -0.373 e. The minimum atomic E-state index is -0.663. The van der Waals surface area contributed by atoms with Crippen LogP contribution in [0.2, 0.25) is 0 Å². The Morgan fingerprint density at radius 3 is 2.44 bits per heavy atom. The van der Waals surface area contributed by atoms with E-state index in [0.717, 1.165) is 5.69 Å². The Bertz CT molecular complexity index is 792. The standard InChI is InChI=1S/C18H19FN4O2S2/c19-14-8-4-5-9-15(14)21-18(27)23-22-16(25)10-12(11-24)17(26)20-13-6-2-1-3-7-13/h1-9,11-12,17,20,26H,10H2,(H,22,25)(H2,21,23,27). The fourth-order valence-corrected chi connectivity index (χ4v) is 2.64. The number of rotatable bonds is 7. The number of nitrogens with one attached hydrogen (secondary N) is 4. The monoisotopic (exact) mass is 406 g/mol. The zero-order valence-corrected chi connectivity index (χ0v) is 15.9. The molecule has 0 bridgehead atoms. The van der Waals surface area contributed by atoms with Crippen LogP contribution in [0.5, 0.6) is 0 Å². The highest BCUT2D eigenvalue weighted by atomic mass is 32.1. The molecule has 142 valence electrons. The molecular weight excluding hydrogens is 387 g/mol. The highest BCUT2D eigenvalue weighted by Gasteiger charge is 2.21.